The summed E-state index contributed by atoms with van der Waals surface area (Å²) < 4.78 is 68.8. The summed E-state index contributed by atoms with van der Waals surface area (Å²) in [4.78, 5) is -0.950. The lowest BCUT2D eigenvalue weighted by Crippen LogP contribution is -2.00. The zero-order valence-electron chi connectivity index (χ0n) is 15.4. The van der Waals surface area contributed by atoms with Gasteiger partial charge in [0.15, 0.2) is 0 Å². The Morgan fingerprint density at radius 2 is 1.60 bits per heavy atom. The minimum Gasteiger partial charge on any atom is -0.506 e. The number of benzene rings is 3. The van der Waals surface area contributed by atoms with Crippen molar-refractivity contribution in [3.63, 3.8) is 0 Å². The molecule has 3 N–H and O–H groups in total. The number of methoxy groups -OCH3 is 1. The van der Waals surface area contributed by atoms with E-state index in [0.29, 0.717) is 16.5 Å². The van der Waals surface area contributed by atoms with Gasteiger partial charge < -0.3 is 9.84 Å². The van der Waals surface area contributed by atoms with E-state index >= 15 is 0 Å². The van der Waals surface area contributed by atoms with Crippen molar-refractivity contribution >= 4 is 42.4 Å². The van der Waals surface area contributed by atoms with Gasteiger partial charge in [0.05, 0.1) is 22.9 Å². The number of aromatic hydroxyl groups is 1. The smallest absolute Gasteiger partial charge is 0.298 e. The molecule has 3 aromatic rings. The van der Waals surface area contributed by atoms with Crippen LogP contribution in [0.4, 0.5) is 11.4 Å². The van der Waals surface area contributed by atoms with Gasteiger partial charge in [0, 0.05) is 24.1 Å². The van der Waals surface area contributed by atoms with Crippen molar-refractivity contribution in [3.05, 3.63) is 54.1 Å². The molecular formula is C18H16N2O8S2. The Hall–Kier alpha value is -2.90. The summed E-state index contributed by atoms with van der Waals surface area (Å²) in [5.74, 6) is -0.706. The summed E-state index contributed by atoms with van der Waals surface area (Å²) in [6, 6.07) is 10.9. The summed E-state index contributed by atoms with van der Waals surface area (Å²) in [6.45, 7) is -0.0651. The molecule has 0 aliphatic rings. The van der Waals surface area contributed by atoms with E-state index in [2.05, 4.69) is 10.2 Å². The first-order chi connectivity index (χ1) is 14.0. The largest absolute Gasteiger partial charge is 0.506 e. The quantitative estimate of drug-likeness (QED) is 0.377. The number of rotatable bonds is 6. The standard InChI is InChI=1S/C18H16N2O8S2/c1-28-10-12-8-18(30(25,26)27)17(21)9-16(12)20-19-15-4-2-3-11-7-13(29(22,23)24)5-6-14(11)15/h2-9,21H,10H2,1H3,(H,22,23,24)(H,25,26,27). The third kappa shape index (κ3) is 4.63. The van der Waals surface area contributed by atoms with Crippen LogP contribution in [0.15, 0.2) is 68.6 Å². The highest BCUT2D eigenvalue weighted by Gasteiger charge is 2.19. The van der Waals surface area contributed by atoms with E-state index in [1.165, 1.54) is 25.3 Å². The third-order valence-electron chi connectivity index (χ3n) is 4.13. The number of hydrogen-bond donors (Lipinski definition) is 3. The molecule has 0 aliphatic carbocycles. The van der Waals surface area contributed by atoms with Gasteiger partial charge in [-0.1, -0.05) is 18.2 Å². The van der Waals surface area contributed by atoms with Gasteiger partial charge in [-0.15, -0.1) is 5.11 Å². The Labute approximate surface area is 172 Å². The molecule has 0 heterocycles. The van der Waals surface area contributed by atoms with E-state index in [9.17, 15) is 31.0 Å². The lowest BCUT2D eigenvalue weighted by atomic mass is 10.1. The van der Waals surface area contributed by atoms with Crippen LogP contribution < -0.4 is 0 Å². The maximum Gasteiger partial charge on any atom is 0.298 e. The highest BCUT2D eigenvalue weighted by molar-refractivity contribution is 7.86. The first-order valence-electron chi connectivity index (χ1n) is 8.25. The molecule has 12 heteroatoms. The Morgan fingerprint density at radius 3 is 2.23 bits per heavy atom. The minimum atomic E-state index is -4.65. The molecule has 0 unspecified atom stereocenters. The molecular weight excluding hydrogens is 436 g/mol. The summed E-state index contributed by atoms with van der Waals surface area (Å²) in [7, 11) is -7.64. The molecule has 0 atom stereocenters. The Kier molecular flexibility index (Phi) is 5.87. The molecule has 0 aromatic heterocycles. The van der Waals surface area contributed by atoms with E-state index < -0.39 is 30.9 Å². The van der Waals surface area contributed by atoms with Crippen LogP contribution in [0.2, 0.25) is 0 Å². The second kappa shape index (κ2) is 8.08. The van der Waals surface area contributed by atoms with Crippen LogP contribution in [0, 0.1) is 0 Å². The van der Waals surface area contributed by atoms with E-state index in [-0.39, 0.29) is 22.8 Å². The molecule has 0 fully saturated rings. The monoisotopic (exact) mass is 452 g/mol. The molecule has 0 bridgehead atoms. The SMILES string of the molecule is COCc1cc(S(=O)(=O)O)c(O)cc1N=Nc1cccc2cc(S(=O)(=O)O)ccc12. The van der Waals surface area contributed by atoms with Crippen molar-refractivity contribution < 1.29 is 35.8 Å². The molecule has 0 amide bonds. The number of nitrogens with zero attached hydrogens (tertiary/aromatic N) is 2. The average molecular weight is 452 g/mol. The predicted octanol–water partition coefficient (Wildman–Crippen LogP) is 3.60. The average Bonchev–Trinajstić information content (AvgIpc) is 2.66. The highest BCUT2D eigenvalue weighted by atomic mass is 32.2. The van der Waals surface area contributed by atoms with Crippen molar-refractivity contribution in [2.45, 2.75) is 16.4 Å². The van der Waals surface area contributed by atoms with Crippen molar-refractivity contribution in [1.82, 2.24) is 0 Å². The van der Waals surface area contributed by atoms with Crippen molar-refractivity contribution in [1.29, 1.82) is 0 Å². The van der Waals surface area contributed by atoms with Crippen LogP contribution in [0.5, 0.6) is 5.75 Å². The fourth-order valence-electron chi connectivity index (χ4n) is 2.77. The molecule has 3 rings (SSSR count). The van der Waals surface area contributed by atoms with E-state index in [0.717, 1.165) is 12.1 Å². The van der Waals surface area contributed by atoms with Crippen molar-refractivity contribution in [3.8, 4) is 5.75 Å². The Balaban J connectivity index is 2.09. The lowest BCUT2D eigenvalue weighted by Gasteiger charge is -2.08. The normalized spacial score (nSPS) is 12.6. The van der Waals surface area contributed by atoms with Crippen molar-refractivity contribution in [2.75, 3.05) is 7.11 Å². The maximum absolute atomic E-state index is 11.4. The second-order valence-corrected chi connectivity index (χ2v) is 9.00. The fourth-order valence-corrected chi connectivity index (χ4v) is 3.90. The summed E-state index contributed by atoms with van der Waals surface area (Å²) >= 11 is 0. The van der Waals surface area contributed by atoms with Gasteiger partial charge >= 0.3 is 0 Å². The summed E-state index contributed by atoms with van der Waals surface area (Å²) in [6.07, 6.45) is 0. The van der Waals surface area contributed by atoms with Gasteiger partial charge in [0.2, 0.25) is 0 Å². The minimum absolute atomic E-state index is 0.0651. The Morgan fingerprint density at radius 1 is 0.900 bits per heavy atom. The molecule has 0 saturated heterocycles. The third-order valence-corrected chi connectivity index (χ3v) is 5.86. The number of ether oxygens (including phenoxy) is 1. The van der Waals surface area contributed by atoms with Crippen LogP contribution in [-0.2, 0) is 31.6 Å². The van der Waals surface area contributed by atoms with Crippen LogP contribution in [0.3, 0.4) is 0 Å². The molecule has 30 heavy (non-hydrogen) atoms. The van der Waals surface area contributed by atoms with E-state index in [1.54, 1.807) is 18.2 Å². The molecule has 0 aliphatic heterocycles. The van der Waals surface area contributed by atoms with Crippen molar-refractivity contribution in [2.24, 2.45) is 10.2 Å². The highest BCUT2D eigenvalue weighted by Crippen LogP contribution is 2.34. The first-order valence-corrected chi connectivity index (χ1v) is 11.1. The number of phenolic OH excluding ortho intramolecular Hbond substituents is 1. The van der Waals surface area contributed by atoms with Gasteiger partial charge in [-0.3, -0.25) is 9.11 Å². The maximum atomic E-state index is 11.4. The van der Waals surface area contributed by atoms with Crippen LogP contribution in [0.1, 0.15) is 5.56 Å². The first kappa shape index (κ1) is 21.8. The van der Waals surface area contributed by atoms with Crippen LogP contribution in [0.25, 0.3) is 10.8 Å². The summed E-state index contributed by atoms with van der Waals surface area (Å²) in [5.41, 5.74) is 0.713. The predicted molar refractivity (Wildman–Crippen MR) is 107 cm³/mol. The topological polar surface area (TPSA) is 163 Å². The van der Waals surface area contributed by atoms with E-state index in [1.807, 2.05) is 0 Å². The number of phenols is 1. The number of fused-ring (bicyclic) bond motifs is 1. The molecule has 0 spiro atoms. The van der Waals surface area contributed by atoms with Crippen LogP contribution >= 0.6 is 0 Å². The van der Waals surface area contributed by atoms with Gasteiger partial charge in [0.25, 0.3) is 20.2 Å². The summed E-state index contributed by atoms with van der Waals surface area (Å²) in [5, 5.41) is 19.1. The molecule has 0 saturated carbocycles. The van der Waals surface area contributed by atoms with Gasteiger partial charge in [-0.25, -0.2) is 0 Å². The zero-order chi connectivity index (χ0) is 22.1. The second-order valence-electron chi connectivity index (χ2n) is 6.19. The van der Waals surface area contributed by atoms with E-state index in [4.69, 9.17) is 4.74 Å². The molecule has 158 valence electrons. The van der Waals surface area contributed by atoms with Gasteiger partial charge in [-0.2, -0.15) is 21.9 Å². The molecule has 0 radical (unpaired) electrons. The van der Waals surface area contributed by atoms with Gasteiger partial charge in [-0.05, 0) is 29.7 Å². The lowest BCUT2D eigenvalue weighted by molar-refractivity contribution is 0.185. The Bertz CT molecular complexity index is 1370. The number of hydrogen-bond acceptors (Lipinski definition) is 8. The fraction of sp³-hybridized carbons (Fsp3) is 0.111. The molecule has 10 nitrogen and oxygen atoms in total. The molecule has 3 aromatic carbocycles. The van der Waals surface area contributed by atoms with Gasteiger partial charge in [0.1, 0.15) is 10.6 Å². The van der Waals surface area contributed by atoms with Crippen LogP contribution in [-0.4, -0.2) is 38.2 Å². The zero-order valence-corrected chi connectivity index (χ0v) is 17.1. The number of azo groups is 1.